The molecule has 2 fully saturated rings. The van der Waals surface area contributed by atoms with Crippen LogP contribution < -0.4 is 5.32 Å². The van der Waals surface area contributed by atoms with Crippen LogP contribution in [0.3, 0.4) is 0 Å². The molecule has 1 saturated carbocycles. The third kappa shape index (κ3) is 2.63. The van der Waals surface area contributed by atoms with Gasteiger partial charge in [-0.3, -0.25) is 10.1 Å². The summed E-state index contributed by atoms with van der Waals surface area (Å²) in [6.07, 6.45) is 8.26. The fraction of sp³-hybridized carbons (Fsp3) is 0.923. The smallest absolute Gasteiger partial charge is 0.241 e. The van der Waals surface area contributed by atoms with Crippen molar-refractivity contribution in [1.29, 1.82) is 0 Å². The molecule has 1 saturated heterocycles. The summed E-state index contributed by atoms with van der Waals surface area (Å²) < 4.78 is 0. The van der Waals surface area contributed by atoms with Gasteiger partial charge >= 0.3 is 0 Å². The molecule has 0 aromatic carbocycles. The summed E-state index contributed by atoms with van der Waals surface area (Å²) in [6.45, 7) is 4.20. The molecule has 4 atom stereocenters. The normalized spacial score (nSPS) is 38.8. The lowest BCUT2D eigenvalue weighted by Gasteiger charge is -2.36. The van der Waals surface area contributed by atoms with Crippen molar-refractivity contribution in [2.45, 2.75) is 69.5 Å². The van der Waals surface area contributed by atoms with Crippen LogP contribution in [0.5, 0.6) is 0 Å². The molecule has 98 valence electrons. The summed E-state index contributed by atoms with van der Waals surface area (Å²) in [7, 11) is 0. The SMILES string of the molecule is CCC1NC(C)N(C2CCCC(SC)C2)C1=O. The number of carbonyl (C=O) groups is 1. The Morgan fingerprint density at radius 2 is 2.24 bits per heavy atom. The molecule has 0 spiro atoms. The fourth-order valence-electron chi connectivity index (χ4n) is 3.19. The van der Waals surface area contributed by atoms with Crippen molar-refractivity contribution in [3.8, 4) is 0 Å². The first kappa shape index (κ1) is 13.2. The van der Waals surface area contributed by atoms with E-state index in [4.69, 9.17) is 0 Å². The number of thioether (sulfide) groups is 1. The van der Waals surface area contributed by atoms with E-state index in [1.54, 1.807) is 0 Å². The lowest BCUT2D eigenvalue weighted by atomic mass is 9.93. The molecule has 1 aliphatic carbocycles. The predicted molar refractivity (Wildman–Crippen MR) is 73.1 cm³/mol. The van der Waals surface area contributed by atoms with Crippen molar-refractivity contribution in [2.24, 2.45) is 0 Å². The number of nitrogens with zero attached hydrogens (tertiary/aromatic N) is 1. The first-order valence-corrected chi connectivity index (χ1v) is 8.07. The topological polar surface area (TPSA) is 32.3 Å². The highest BCUT2D eigenvalue weighted by atomic mass is 32.2. The highest BCUT2D eigenvalue weighted by Crippen LogP contribution is 2.32. The van der Waals surface area contributed by atoms with Gasteiger partial charge in [0.1, 0.15) is 0 Å². The summed E-state index contributed by atoms with van der Waals surface area (Å²) in [5.41, 5.74) is 0. The van der Waals surface area contributed by atoms with Gasteiger partial charge in [0, 0.05) is 11.3 Å². The van der Waals surface area contributed by atoms with Gasteiger partial charge in [0.05, 0.1) is 12.2 Å². The van der Waals surface area contributed by atoms with E-state index in [1.165, 1.54) is 25.7 Å². The second-order valence-corrected chi connectivity index (χ2v) is 6.37. The van der Waals surface area contributed by atoms with Gasteiger partial charge < -0.3 is 4.90 Å². The highest BCUT2D eigenvalue weighted by Gasteiger charge is 2.40. The van der Waals surface area contributed by atoms with Crippen molar-refractivity contribution in [1.82, 2.24) is 10.2 Å². The first-order valence-electron chi connectivity index (χ1n) is 6.78. The second-order valence-electron chi connectivity index (χ2n) is 5.23. The van der Waals surface area contributed by atoms with E-state index >= 15 is 0 Å². The number of carbonyl (C=O) groups excluding carboxylic acids is 1. The van der Waals surface area contributed by atoms with E-state index in [1.807, 2.05) is 11.8 Å². The van der Waals surface area contributed by atoms with Crippen LogP contribution in [0.25, 0.3) is 0 Å². The van der Waals surface area contributed by atoms with Gasteiger partial charge in [-0.25, -0.2) is 0 Å². The molecule has 2 aliphatic rings. The van der Waals surface area contributed by atoms with Crippen LogP contribution in [0.1, 0.15) is 46.0 Å². The van der Waals surface area contributed by atoms with Crippen LogP contribution in [0.15, 0.2) is 0 Å². The molecule has 3 nitrogen and oxygen atoms in total. The average Bonchev–Trinajstić information content (AvgIpc) is 2.64. The Morgan fingerprint density at radius 3 is 2.82 bits per heavy atom. The second kappa shape index (κ2) is 5.61. The molecule has 1 amide bonds. The maximum atomic E-state index is 12.3. The summed E-state index contributed by atoms with van der Waals surface area (Å²) in [6, 6.07) is 0.521. The van der Waals surface area contributed by atoms with Crippen LogP contribution >= 0.6 is 11.8 Å². The highest BCUT2D eigenvalue weighted by molar-refractivity contribution is 7.99. The molecule has 1 N–H and O–H groups in total. The maximum Gasteiger partial charge on any atom is 0.241 e. The van der Waals surface area contributed by atoms with E-state index in [0.717, 1.165) is 11.7 Å². The Hall–Kier alpha value is -0.220. The summed E-state index contributed by atoms with van der Waals surface area (Å²) in [4.78, 5) is 14.4. The molecule has 2 rings (SSSR count). The monoisotopic (exact) mass is 256 g/mol. The number of hydrogen-bond acceptors (Lipinski definition) is 3. The zero-order valence-corrected chi connectivity index (χ0v) is 11.9. The molecule has 1 heterocycles. The number of nitrogens with one attached hydrogen (secondary N) is 1. The van der Waals surface area contributed by atoms with Crippen molar-refractivity contribution >= 4 is 17.7 Å². The van der Waals surface area contributed by atoms with Gasteiger partial charge in [0.25, 0.3) is 0 Å². The quantitative estimate of drug-likeness (QED) is 0.840. The van der Waals surface area contributed by atoms with Gasteiger partial charge in [0.2, 0.25) is 5.91 Å². The molecule has 4 unspecified atom stereocenters. The average molecular weight is 256 g/mol. The van der Waals surface area contributed by atoms with E-state index in [-0.39, 0.29) is 12.2 Å². The van der Waals surface area contributed by atoms with Gasteiger partial charge in [-0.05, 0) is 38.9 Å². The van der Waals surface area contributed by atoms with Crippen LogP contribution in [0, 0.1) is 0 Å². The first-order chi connectivity index (χ1) is 8.17. The number of amides is 1. The van der Waals surface area contributed by atoms with Crippen LogP contribution in [0.2, 0.25) is 0 Å². The Kier molecular flexibility index (Phi) is 4.36. The van der Waals surface area contributed by atoms with Crippen LogP contribution in [-0.2, 0) is 4.79 Å². The molecule has 0 bridgehead atoms. The molecule has 17 heavy (non-hydrogen) atoms. The van der Waals surface area contributed by atoms with Gasteiger partial charge in [-0.15, -0.1) is 0 Å². The van der Waals surface area contributed by atoms with Crippen molar-refractivity contribution < 1.29 is 4.79 Å². The van der Waals surface area contributed by atoms with Crippen LogP contribution in [0.4, 0.5) is 0 Å². The van der Waals surface area contributed by atoms with Crippen LogP contribution in [-0.4, -0.2) is 40.6 Å². The molecule has 0 radical (unpaired) electrons. The molecule has 4 heteroatoms. The molecule has 0 aromatic rings. The summed E-state index contributed by atoms with van der Waals surface area (Å²) in [5.74, 6) is 0.326. The summed E-state index contributed by atoms with van der Waals surface area (Å²) in [5, 5.41) is 4.15. The minimum atomic E-state index is 0.0552. The Morgan fingerprint density at radius 1 is 1.47 bits per heavy atom. The van der Waals surface area contributed by atoms with Crippen molar-refractivity contribution in [3.05, 3.63) is 0 Å². The molecular formula is C13H24N2OS. The predicted octanol–water partition coefficient (Wildman–Crippen LogP) is 2.22. The van der Waals surface area contributed by atoms with E-state index < -0.39 is 0 Å². The zero-order chi connectivity index (χ0) is 12.4. The zero-order valence-electron chi connectivity index (χ0n) is 11.1. The summed E-state index contributed by atoms with van der Waals surface area (Å²) >= 11 is 1.96. The van der Waals surface area contributed by atoms with E-state index in [9.17, 15) is 4.79 Å². The fourth-order valence-corrected chi connectivity index (χ4v) is 4.01. The Bertz CT molecular complexity index is 285. The Balaban J connectivity index is 2.03. The van der Waals surface area contributed by atoms with E-state index in [0.29, 0.717) is 11.9 Å². The van der Waals surface area contributed by atoms with Crippen molar-refractivity contribution in [3.63, 3.8) is 0 Å². The Labute approximate surface area is 109 Å². The van der Waals surface area contributed by atoms with Crippen molar-refractivity contribution in [2.75, 3.05) is 6.26 Å². The van der Waals surface area contributed by atoms with Gasteiger partial charge in [0.15, 0.2) is 0 Å². The standard InChI is InChI=1S/C13H24N2OS/c1-4-12-13(16)15(9(2)14-12)10-6-5-7-11(8-10)17-3/h9-12,14H,4-8H2,1-3H3. The lowest BCUT2D eigenvalue weighted by molar-refractivity contribution is -0.132. The van der Waals surface area contributed by atoms with Gasteiger partial charge in [-0.2, -0.15) is 11.8 Å². The number of rotatable bonds is 3. The minimum Gasteiger partial charge on any atom is -0.323 e. The minimum absolute atomic E-state index is 0.0552. The van der Waals surface area contributed by atoms with E-state index in [2.05, 4.69) is 30.3 Å². The molecular weight excluding hydrogens is 232 g/mol. The molecule has 1 aliphatic heterocycles. The lowest BCUT2D eigenvalue weighted by Crippen LogP contribution is -2.45. The largest absolute Gasteiger partial charge is 0.323 e. The number of hydrogen-bond donors (Lipinski definition) is 1. The maximum absolute atomic E-state index is 12.3. The third-order valence-corrected chi connectivity index (χ3v) is 5.24. The molecule has 0 aromatic heterocycles. The third-order valence-electron chi connectivity index (χ3n) is 4.15. The van der Waals surface area contributed by atoms with Gasteiger partial charge in [-0.1, -0.05) is 13.3 Å².